The highest BCUT2D eigenvalue weighted by atomic mass is 32.2. The standard InChI is InChI=1S/C14H17NO4S/c1-2-19-11-5-3-10(4-6-11)7-13(16)15-9-20-8-12(15)14(17)18/h3-6,12H,2,7-9H2,1H3,(H,17,18)/t12-/m0/s1. The number of carboxylic acid groups (broad SMARTS) is 1. The molecule has 1 aliphatic heterocycles. The monoisotopic (exact) mass is 295 g/mol. The van der Waals surface area contributed by atoms with Gasteiger partial charge in [-0.25, -0.2) is 4.79 Å². The van der Waals surface area contributed by atoms with Gasteiger partial charge in [-0.3, -0.25) is 4.79 Å². The molecule has 1 fully saturated rings. The van der Waals surface area contributed by atoms with Crippen LogP contribution in [-0.4, -0.2) is 46.2 Å². The number of aliphatic carboxylic acids is 1. The van der Waals surface area contributed by atoms with Gasteiger partial charge in [0, 0.05) is 5.75 Å². The Bertz CT molecular complexity index is 488. The molecule has 1 aliphatic rings. The molecule has 6 heteroatoms. The van der Waals surface area contributed by atoms with E-state index in [2.05, 4.69) is 0 Å². The van der Waals surface area contributed by atoms with Crippen LogP contribution >= 0.6 is 11.8 Å². The number of amides is 1. The van der Waals surface area contributed by atoms with Crippen molar-refractivity contribution in [1.82, 2.24) is 4.90 Å². The summed E-state index contributed by atoms with van der Waals surface area (Å²) in [5.41, 5.74) is 0.861. The van der Waals surface area contributed by atoms with Crippen molar-refractivity contribution in [3.8, 4) is 5.75 Å². The first kappa shape index (κ1) is 14.7. The first-order valence-electron chi connectivity index (χ1n) is 6.43. The Labute approximate surface area is 121 Å². The molecule has 0 unspecified atom stereocenters. The zero-order valence-electron chi connectivity index (χ0n) is 11.2. The fourth-order valence-electron chi connectivity index (χ4n) is 2.04. The van der Waals surface area contributed by atoms with E-state index in [4.69, 9.17) is 9.84 Å². The van der Waals surface area contributed by atoms with Gasteiger partial charge in [0.1, 0.15) is 11.8 Å². The van der Waals surface area contributed by atoms with Gasteiger partial charge in [-0.2, -0.15) is 0 Å². The highest BCUT2D eigenvalue weighted by Crippen LogP contribution is 2.22. The Morgan fingerprint density at radius 3 is 2.70 bits per heavy atom. The Morgan fingerprint density at radius 1 is 1.40 bits per heavy atom. The van der Waals surface area contributed by atoms with Crippen LogP contribution in [0.2, 0.25) is 0 Å². The van der Waals surface area contributed by atoms with Gasteiger partial charge in [-0.1, -0.05) is 12.1 Å². The molecular weight excluding hydrogens is 278 g/mol. The molecule has 0 radical (unpaired) electrons. The van der Waals surface area contributed by atoms with E-state index in [0.717, 1.165) is 11.3 Å². The number of ether oxygens (including phenoxy) is 1. The number of thioether (sulfide) groups is 1. The molecule has 1 saturated heterocycles. The lowest BCUT2D eigenvalue weighted by atomic mass is 10.1. The van der Waals surface area contributed by atoms with Gasteiger partial charge in [0.15, 0.2) is 0 Å². The largest absolute Gasteiger partial charge is 0.494 e. The topological polar surface area (TPSA) is 66.8 Å². The first-order chi connectivity index (χ1) is 9.61. The van der Waals surface area contributed by atoms with E-state index in [0.29, 0.717) is 18.2 Å². The van der Waals surface area contributed by atoms with E-state index in [1.54, 1.807) is 0 Å². The molecule has 1 amide bonds. The Morgan fingerprint density at radius 2 is 2.10 bits per heavy atom. The summed E-state index contributed by atoms with van der Waals surface area (Å²) in [7, 11) is 0. The molecule has 0 aliphatic carbocycles. The number of rotatable bonds is 5. The van der Waals surface area contributed by atoms with E-state index in [1.807, 2.05) is 31.2 Å². The minimum atomic E-state index is -0.935. The minimum absolute atomic E-state index is 0.147. The molecule has 1 N–H and O–H groups in total. The summed E-state index contributed by atoms with van der Waals surface area (Å²) >= 11 is 1.47. The quantitative estimate of drug-likeness (QED) is 0.894. The zero-order valence-corrected chi connectivity index (χ0v) is 12.1. The highest BCUT2D eigenvalue weighted by Gasteiger charge is 2.34. The molecule has 1 heterocycles. The van der Waals surface area contributed by atoms with Gasteiger partial charge in [-0.05, 0) is 24.6 Å². The maximum absolute atomic E-state index is 12.2. The van der Waals surface area contributed by atoms with Gasteiger partial charge in [0.05, 0.1) is 18.9 Å². The zero-order chi connectivity index (χ0) is 14.5. The van der Waals surface area contributed by atoms with Crippen LogP contribution in [0.25, 0.3) is 0 Å². The van der Waals surface area contributed by atoms with Crippen LogP contribution in [0.3, 0.4) is 0 Å². The van der Waals surface area contributed by atoms with Crippen LogP contribution in [-0.2, 0) is 16.0 Å². The van der Waals surface area contributed by atoms with Crippen LogP contribution in [0.15, 0.2) is 24.3 Å². The summed E-state index contributed by atoms with van der Waals surface area (Å²) < 4.78 is 5.34. The van der Waals surface area contributed by atoms with E-state index in [-0.39, 0.29) is 12.3 Å². The molecule has 0 saturated carbocycles. The predicted molar refractivity (Wildman–Crippen MR) is 76.9 cm³/mol. The number of nitrogens with zero attached hydrogens (tertiary/aromatic N) is 1. The fraction of sp³-hybridized carbons (Fsp3) is 0.429. The number of hydrogen-bond acceptors (Lipinski definition) is 4. The van der Waals surface area contributed by atoms with E-state index >= 15 is 0 Å². The Kier molecular flexibility index (Phi) is 4.89. The molecule has 1 aromatic rings. The smallest absolute Gasteiger partial charge is 0.327 e. The summed E-state index contributed by atoms with van der Waals surface area (Å²) in [6.45, 7) is 2.51. The van der Waals surface area contributed by atoms with Crippen molar-refractivity contribution in [2.24, 2.45) is 0 Å². The number of carbonyl (C=O) groups excluding carboxylic acids is 1. The third-order valence-corrected chi connectivity index (χ3v) is 4.09. The molecule has 0 aromatic heterocycles. The van der Waals surface area contributed by atoms with Gasteiger partial charge in [0.2, 0.25) is 5.91 Å². The average molecular weight is 295 g/mol. The SMILES string of the molecule is CCOc1ccc(CC(=O)N2CSC[C@H]2C(=O)O)cc1. The molecule has 2 rings (SSSR count). The van der Waals surface area contributed by atoms with Crippen molar-refractivity contribution in [3.05, 3.63) is 29.8 Å². The summed E-state index contributed by atoms with van der Waals surface area (Å²) in [6.07, 6.45) is 0.219. The molecule has 5 nitrogen and oxygen atoms in total. The summed E-state index contributed by atoms with van der Waals surface area (Å²) in [6, 6.07) is 6.61. The maximum atomic E-state index is 12.2. The molecule has 1 atom stereocenters. The van der Waals surface area contributed by atoms with Gasteiger partial charge >= 0.3 is 5.97 Å². The number of carboxylic acids is 1. The maximum Gasteiger partial charge on any atom is 0.327 e. The van der Waals surface area contributed by atoms with E-state index < -0.39 is 12.0 Å². The molecule has 108 valence electrons. The molecule has 20 heavy (non-hydrogen) atoms. The van der Waals surface area contributed by atoms with Crippen LogP contribution in [0.4, 0.5) is 0 Å². The van der Waals surface area contributed by atoms with Crippen LogP contribution in [0, 0.1) is 0 Å². The lowest BCUT2D eigenvalue weighted by molar-refractivity contribution is -0.147. The molecule has 0 spiro atoms. The Hall–Kier alpha value is -1.69. The number of hydrogen-bond donors (Lipinski definition) is 1. The minimum Gasteiger partial charge on any atom is -0.494 e. The van der Waals surface area contributed by atoms with Crippen molar-refractivity contribution < 1.29 is 19.4 Å². The third kappa shape index (κ3) is 3.45. The van der Waals surface area contributed by atoms with E-state index in [9.17, 15) is 9.59 Å². The van der Waals surface area contributed by atoms with Crippen molar-refractivity contribution in [2.75, 3.05) is 18.2 Å². The normalized spacial score (nSPS) is 18.1. The van der Waals surface area contributed by atoms with Crippen LogP contribution in [0.1, 0.15) is 12.5 Å². The van der Waals surface area contributed by atoms with Crippen molar-refractivity contribution in [2.45, 2.75) is 19.4 Å². The second-order valence-corrected chi connectivity index (χ2v) is 5.47. The van der Waals surface area contributed by atoms with Crippen LogP contribution in [0.5, 0.6) is 5.75 Å². The number of benzene rings is 1. The predicted octanol–water partition coefficient (Wildman–Crippen LogP) is 1.61. The lowest BCUT2D eigenvalue weighted by Crippen LogP contribution is -2.42. The molecule has 1 aromatic carbocycles. The highest BCUT2D eigenvalue weighted by molar-refractivity contribution is 7.99. The van der Waals surface area contributed by atoms with Crippen LogP contribution < -0.4 is 4.74 Å². The summed E-state index contributed by atoms with van der Waals surface area (Å²) in [4.78, 5) is 24.7. The second-order valence-electron chi connectivity index (χ2n) is 4.47. The van der Waals surface area contributed by atoms with E-state index in [1.165, 1.54) is 16.7 Å². The fourth-order valence-corrected chi connectivity index (χ4v) is 3.21. The molecule has 0 bridgehead atoms. The number of carbonyl (C=O) groups is 2. The van der Waals surface area contributed by atoms with Crippen molar-refractivity contribution >= 4 is 23.6 Å². The summed E-state index contributed by atoms with van der Waals surface area (Å²) in [5, 5.41) is 9.07. The first-order valence-corrected chi connectivity index (χ1v) is 7.59. The Balaban J connectivity index is 1.98. The van der Waals surface area contributed by atoms with Gasteiger partial charge < -0.3 is 14.7 Å². The van der Waals surface area contributed by atoms with Gasteiger partial charge in [-0.15, -0.1) is 11.8 Å². The average Bonchev–Trinajstić information content (AvgIpc) is 2.91. The van der Waals surface area contributed by atoms with Gasteiger partial charge in [0.25, 0.3) is 0 Å². The third-order valence-electron chi connectivity index (χ3n) is 3.08. The van der Waals surface area contributed by atoms with Crippen molar-refractivity contribution in [3.63, 3.8) is 0 Å². The second kappa shape index (κ2) is 6.65. The molecular formula is C14H17NO4S. The van der Waals surface area contributed by atoms with Crippen molar-refractivity contribution in [1.29, 1.82) is 0 Å². The summed E-state index contributed by atoms with van der Waals surface area (Å²) in [5.74, 6) is 0.599. The lowest BCUT2D eigenvalue weighted by Gasteiger charge is -2.20.